The summed E-state index contributed by atoms with van der Waals surface area (Å²) in [5.74, 6) is 1.88. The van der Waals surface area contributed by atoms with E-state index in [1.54, 1.807) is 14.2 Å². The fourth-order valence-corrected chi connectivity index (χ4v) is 2.18. The third-order valence-corrected chi connectivity index (χ3v) is 3.62. The first-order chi connectivity index (χ1) is 11.6. The van der Waals surface area contributed by atoms with E-state index in [0.29, 0.717) is 25.6 Å². The highest BCUT2D eigenvalue weighted by Crippen LogP contribution is 2.13. The molecule has 0 amide bonds. The summed E-state index contributed by atoms with van der Waals surface area (Å²) in [5, 5.41) is 10.6. The molecule has 2 aromatic rings. The molecule has 0 bridgehead atoms. The SMILES string of the molecule is CN=C(NCc1ccc(COC)cc1)NCc1cc(C(C)C)no1. The number of hydrogen-bond donors (Lipinski definition) is 2. The maximum atomic E-state index is 5.31. The number of methoxy groups -OCH3 is 1. The smallest absolute Gasteiger partial charge is 0.191 e. The molecule has 0 aliphatic heterocycles. The van der Waals surface area contributed by atoms with Gasteiger partial charge < -0.3 is 19.9 Å². The van der Waals surface area contributed by atoms with E-state index in [0.717, 1.165) is 23.0 Å². The van der Waals surface area contributed by atoms with Crippen LogP contribution in [-0.2, 0) is 24.4 Å². The second-order valence-electron chi connectivity index (χ2n) is 5.90. The Morgan fingerprint density at radius 3 is 2.42 bits per heavy atom. The summed E-state index contributed by atoms with van der Waals surface area (Å²) in [6.45, 7) is 6.06. The average Bonchev–Trinajstić information content (AvgIpc) is 3.06. The first-order valence-corrected chi connectivity index (χ1v) is 8.09. The zero-order valence-corrected chi connectivity index (χ0v) is 14.8. The number of ether oxygens (including phenoxy) is 1. The van der Waals surface area contributed by atoms with Crippen molar-refractivity contribution in [3.63, 3.8) is 0 Å². The third-order valence-electron chi connectivity index (χ3n) is 3.62. The van der Waals surface area contributed by atoms with E-state index in [4.69, 9.17) is 9.26 Å². The highest BCUT2D eigenvalue weighted by Gasteiger charge is 2.08. The number of guanidine groups is 1. The first kappa shape index (κ1) is 18.0. The maximum Gasteiger partial charge on any atom is 0.191 e. The average molecular weight is 330 g/mol. The van der Waals surface area contributed by atoms with E-state index < -0.39 is 0 Å². The molecule has 24 heavy (non-hydrogen) atoms. The predicted octanol–water partition coefficient (Wildman–Crippen LogP) is 2.81. The number of benzene rings is 1. The quantitative estimate of drug-likeness (QED) is 0.603. The van der Waals surface area contributed by atoms with Gasteiger partial charge in [0.2, 0.25) is 0 Å². The highest BCUT2D eigenvalue weighted by atomic mass is 16.5. The van der Waals surface area contributed by atoms with Crippen LogP contribution in [0.25, 0.3) is 0 Å². The van der Waals surface area contributed by atoms with Gasteiger partial charge in [-0.25, -0.2) is 0 Å². The normalized spacial score (nSPS) is 11.8. The second-order valence-corrected chi connectivity index (χ2v) is 5.90. The van der Waals surface area contributed by atoms with Gasteiger partial charge in [0, 0.05) is 26.8 Å². The predicted molar refractivity (Wildman–Crippen MR) is 94.8 cm³/mol. The number of hydrogen-bond acceptors (Lipinski definition) is 4. The molecule has 2 rings (SSSR count). The van der Waals surface area contributed by atoms with E-state index in [9.17, 15) is 0 Å². The molecule has 0 fully saturated rings. The summed E-state index contributed by atoms with van der Waals surface area (Å²) in [4.78, 5) is 4.22. The topological polar surface area (TPSA) is 71.7 Å². The molecule has 1 aromatic heterocycles. The van der Waals surface area contributed by atoms with Crippen molar-refractivity contribution < 1.29 is 9.26 Å². The van der Waals surface area contributed by atoms with Crippen LogP contribution in [0.3, 0.4) is 0 Å². The standard InChI is InChI=1S/C18H26N4O2/c1-13(2)17-9-16(24-22-17)11-21-18(19-3)20-10-14-5-7-15(8-6-14)12-23-4/h5-9,13H,10-12H2,1-4H3,(H2,19,20,21). The lowest BCUT2D eigenvalue weighted by molar-refractivity contribution is 0.185. The molecule has 6 heteroatoms. The van der Waals surface area contributed by atoms with Crippen molar-refractivity contribution in [2.45, 2.75) is 39.5 Å². The highest BCUT2D eigenvalue weighted by molar-refractivity contribution is 5.79. The minimum Gasteiger partial charge on any atom is -0.380 e. The third kappa shape index (κ3) is 5.38. The summed E-state index contributed by atoms with van der Waals surface area (Å²) < 4.78 is 10.4. The molecule has 0 saturated heterocycles. The molecule has 2 N–H and O–H groups in total. The van der Waals surface area contributed by atoms with Crippen molar-refractivity contribution in [1.29, 1.82) is 0 Å². The zero-order valence-electron chi connectivity index (χ0n) is 14.8. The zero-order chi connectivity index (χ0) is 17.4. The Balaban J connectivity index is 1.81. The van der Waals surface area contributed by atoms with Gasteiger partial charge in [0.15, 0.2) is 11.7 Å². The largest absolute Gasteiger partial charge is 0.380 e. The molecule has 0 saturated carbocycles. The van der Waals surface area contributed by atoms with E-state index >= 15 is 0 Å². The van der Waals surface area contributed by atoms with Crippen molar-refractivity contribution in [2.75, 3.05) is 14.2 Å². The minimum absolute atomic E-state index is 0.362. The maximum absolute atomic E-state index is 5.31. The molecule has 1 heterocycles. The first-order valence-electron chi connectivity index (χ1n) is 8.09. The van der Waals surface area contributed by atoms with Crippen LogP contribution in [0, 0.1) is 0 Å². The van der Waals surface area contributed by atoms with Gasteiger partial charge in [-0.15, -0.1) is 0 Å². The summed E-state index contributed by atoms with van der Waals surface area (Å²) in [6, 6.07) is 10.3. The van der Waals surface area contributed by atoms with Crippen molar-refractivity contribution in [1.82, 2.24) is 15.8 Å². The van der Waals surface area contributed by atoms with Crippen molar-refractivity contribution in [3.8, 4) is 0 Å². The number of aromatic nitrogens is 1. The summed E-state index contributed by atoms with van der Waals surface area (Å²) in [6.07, 6.45) is 0. The van der Waals surface area contributed by atoms with Crippen LogP contribution in [0.15, 0.2) is 39.8 Å². The minimum atomic E-state index is 0.362. The Morgan fingerprint density at radius 1 is 1.17 bits per heavy atom. The lowest BCUT2D eigenvalue weighted by atomic mass is 10.1. The van der Waals surface area contributed by atoms with Gasteiger partial charge in [-0.1, -0.05) is 43.3 Å². The number of rotatable bonds is 7. The Labute approximate surface area is 143 Å². The van der Waals surface area contributed by atoms with Gasteiger partial charge in [-0.2, -0.15) is 0 Å². The van der Waals surface area contributed by atoms with Crippen molar-refractivity contribution >= 4 is 5.96 Å². The van der Waals surface area contributed by atoms with Crippen molar-refractivity contribution in [3.05, 3.63) is 52.9 Å². The molecular weight excluding hydrogens is 304 g/mol. The van der Waals surface area contributed by atoms with Crippen LogP contribution in [-0.4, -0.2) is 25.3 Å². The van der Waals surface area contributed by atoms with E-state index in [2.05, 4.69) is 58.9 Å². The lowest BCUT2D eigenvalue weighted by Gasteiger charge is -2.11. The van der Waals surface area contributed by atoms with Crippen LogP contribution < -0.4 is 10.6 Å². The Kier molecular flexibility index (Phi) is 6.81. The molecular formula is C18H26N4O2. The van der Waals surface area contributed by atoms with Crippen LogP contribution in [0.1, 0.15) is 42.3 Å². The molecule has 0 atom stereocenters. The van der Waals surface area contributed by atoms with Crippen LogP contribution in [0.4, 0.5) is 0 Å². The second kappa shape index (κ2) is 9.08. The Bertz CT molecular complexity index is 647. The number of nitrogens with one attached hydrogen (secondary N) is 2. The summed E-state index contributed by atoms with van der Waals surface area (Å²) in [5.41, 5.74) is 3.31. The monoisotopic (exact) mass is 330 g/mol. The Morgan fingerprint density at radius 2 is 1.83 bits per heavy atom. The van der Waals surface area contributed by atoms with E-state index in [1.165, 1.54) is 5.56 Å². The van der Waals surface area contributed by atoms with E-state index in [1.807, 2.05) is 6.07 Å². The van der Waals surface area contributed by atoms with Crippen LogP contribution in [0.5, 0.6) is 0 Å². The Hall–Kier alpha value is -2.34. The van der Waals surface area contributed by atoms with Gasteiger partial charge in [0.1, 0.15) is 0 Å². The molecule has 0 spiro atoms. The van der Waals surface area contributed by atoms with Gasteiger partial charge in [-0.3, -0.25) is 4.99 Å². The summed E-state index contributed by atoms with van der Waals surface area (Å²) in [7, 11) is 3.45. The lowest BCUT2D eigenvalue weighted by Crippen LogP contribution is -2.36. The molecule has 1 aromatic carbocycles. The van der Waals surface area contributed by atoms with Crippen LogP contribution >= 0.6 is 0 Å². The molecule has 0 aliphatic rings. The molecule has 6 nitrogen and oxygen atoms in total. The molecule has 0 radical (unpaired) electrons. The van der Waals surface area contributed by atoms with Gasteiger partial charge in [0.05, 0.1) is 18.8 Å². The van der Waals surface area contributed by atoms with Crippen molar-refractivity contribution in [2.24, 2.45) is 4.99 Å². The van der Waals surface area contributed by atoms with Gasteiger partial charge in [-0.05, 0) is 17.0 Å². The fraction of sp³-hybridized carbons (Fsp3) is 0.444. The van der Waals surface area contributed by atoms with Crippen LogP contribution in [0.2, 0.25) is 0 Å². The molecule has 0 aliphatic carbocycles. The number of nitrogens with zero attached hydrogens (tertiary/aromatic N) is 2. The number of aliphatic imine (C=N–C) groups is 1. The summed E-state index contributed by atoms with van der Waals surface area (Å²) >= 11 is 0. The molecule has 0 unspecified atom stereocenters. The van der Waals surface area contributed by atoms with E-state index in [-0.39, 0.29) is 0 Å². The van der Waals surface area contributed by atoms with Gasteiger partial charge >= 0.3 is 0 Å². The molecule has 130 valence electrons. The van der Waals surface area contributed by atoms with Gasteiger partial charge in [0.25, 0.3) is 0 Å². The fourth-order valence-electron chi connectivity index (χ4n) is 2.18.